The first-order valence-electron chi connectivity index (χ1n) is 7.44. The van der Waals surface area contributed by atoms with Crippen molar-refractivity contribution in [1.29, 1.82) is 0 Å². The van der Waals surface area contributed by atoms with Crippen LogP contribution < -0.4 is 5.32 Å². The minimum absolute atomic E-state index is 0.392. The van der Waals surface area contributed by atoms with Gasteiger partial charge in [0, 0.05) is 4.47 Å². The Morgan fingerprint density at radius 1 is 1.04 bits per heavy atom. The average molecular weight is 419 g/mol. The summed E-state index contributed by atoms with van der Waals surface area (Å²) in [7, 11) is 0. The van der Waals surface area contributed by atoms with Crippen molar-refractivity contribution in [1.82, 2.24) is 0 Å². The van der Waals surface area contributed by atoms with Gasteiger partial charge >= 0.3 is 5.97 Å². The molecule has 0 atom stereocenters. The van der Waals surface area contributed by atoms with Crippen molar-refractivity contribution in [3.05, 3.63) is 75.7 Å². The van der Waals surface area contributed by atoms with Crippen molar-refractivity contribution in [2.45, 2.75) is 0 Å². The largest absolute Gasteiger partial charge is 0.452 e. The summed E-state index contributed by atoms with van der Waals surface area (Å²) in [6.07, 6.45) is 0. The summed E-state index contributed by atoms with van der Waals surface area (Å²) in [6, 6.07) is 17.9. The normalized spacial score (nSPS) is 10.5. The zero-order valence-corrected chi connectivity index (χ0v) is 15.3. The fourth-order valence-corrected chi connectivity index (χ4v) is 3.11. The van der Waals surface area contributed by atoms with E-state index >= 15 is 0 Å². The van der Waals surface area contributed by atoms with Gasteiger partial charge in [-0.15, -0.1) is 0 Å². The van der Waals surface area contributed by atoms with E-state index in [1.807, 2.05) is 30.3 Å². The molecule has 3 rings (SSSR count). The van der Waals surface area contributed by atoms with E-state index in [-0.39, 0.29) is 0 Å². The van der Waals surface area contributed by atoms with Crippen LogP contribution in [-0.4, -0.2) is 18.5 Å². The van der Waals surface area contributed by atoms with E-state index in [4.69, 9.17) is 16.3 Å². The number of carbonyl (C=O) groups excluding carboxylic acids is 2. The molecule has 0 saturated heterocycles. The van der Waals surface area contributed by atoms with Crippen LogP contribution in [0.3, 0.4) is 0 Å². The number of rotatable bonds is 4. The first-order chi connectivity index (χ1) is 12.0. The molecular weight excluding hydrogens is 406 g/mol. The Morgan fingerprint density at radius 3 is 2.60 bits per heavy atom. The summed E-state index contributed by atoms with van der Waals surface area (Å²) >= 11 is 9.34. The maximum absolute atomic E-state index is 12.3. The van der Waals surface area contributed by atoms with Gasteiger partial charge in [-0.25, -0.2) is 4.79 Å². The number of halogens is 2. The maximum Gasteiger partial charge on any atom is 0.339 e. The highest BCUT2D eigenvalue weighted by molar-refractivity contribution is 9.10. The van der Waals surface area contributed by atoms with Crippen LogP contribution >= 0.6 is 27.5 Å². The summed E-state index contributed by atoms with van der Waals surface area (Å²) in [5.41, 5.74) is 0.878. The van der Waals surface area contributed by atoms with Crippen LogP contribution in [0.25, 0.3) is 10.8 Å². The SMILES string of the molecule is O=C(COC(=O)c1cccc2ccccc12)Nc1ccc(Br)cc1Cl. The maximum atomic E-state index is 12.3. The molecule has 0 fully saturated rings. The first-order valence-corrected chi connectivity index (χ1v) is 8.61. The summed E-state index contributed by atoms with van der Waals surface area (Å²) in [6.45, 7) is -0.394. The number of hydrogen-bond donors (Lipinski definition) is 1. The Bertz CT molecular complexity index is 953. The summed E-state index contributed by atoms with van der Waals surface area (Å²) < 4.78 is 5.93. The van der Waals surface area contributed by atoms with E-state index in [9.17, 15) is 9.59 Å². The molecule has 0 aliphatic heterocycles. The topological polar surface area (TPSA) is 55.4 Å². The lowest BCUT2D eigenvalue weighted by molar-refractivity contribution is -0.119. The zero-order chi connectivity index (χ0) is 17.8. The molecule has 25 heavy (non-hydrogen) atoms. The van der Waals surface area contributed by atoms with Gasteiger partial charge in [-0.2, -0.15) is 0 Å². The Balaban J connectivity index is 1.66. The van der Waals surface area contributed by atoms with Crippen molar-refractivity contribution in [2.75, 3.05) is 11.9 Å². The molecule has 3 aromatic rings. The molecular formula is C19H13BrClNO3. The number of benzene rings is 3. The molecule has 0 bridgehead atoms. The van der Waals surface area contributed by atoms with E-state index in [0.717, 1.165) is 15.2 Å². The van der Waals surface area contributed by atoms with Crippen LogP contribution in [0, 0.1) is 0 Å². The Hall–Kier alpha value is -2.37. The third-order valence-electron chi connectivity index (χ3n) is 3.55. The quantitative estimate of drug-likeness (QED) is 0.603. The Kier molecular flexibility index (Phi) is 5.36. The molecule has 4 nitrogen and oxygen atoms in total. The number of fused-ring (bicyclic) bond motifs is 1. The number of ether oxygens (including phenoxy) is 1. The van der Waals surface area contributed by atoms with Crippen LogP contribution in [0.1, 0.15) is 10.4 Å². The highest BCUT2D eigenvalue weighted by Gasteiger charge is 2.14. The van der Waals surface area contributed by atoms with Crippen LogP contribution in [0.15, 0.2) is 65.1 Å². The highest BCUT2D eigenvalue weighted by Crippen LogP contribution is 2.25. The molecule has 0 heterocycles. The Morgan fingerprint density at radius 2 is 1.80 bits per heavy atom. The number of esters is 1. The molecule has 0 aliphatic rings. The van der Waals surface area contributed by atoms with Crippen LogP contribution in [0.5, 0.6) is 0 Å². The second-order valence-corrected chi connectivity index (χ2v) is 6.60. The second-order valence-electron chi connectivity index (χ2n) is 5.28. The number of anilines is 1. The Labute approximate surface area is 157 Å². The monoisotopic (exact) mass is 417 g/mol. The number of carbonyl (C=O) groups is 2. The van der Waals surface area contributed by atoms with E-state index < -0.39 is 18.5 Å². The molecule has 0 aromatic heterocycles. The molecule has 0 saturated carbocycles. The van der Waals surface area contributed by atoms with E-state index in [1.165, 1.54) is 0 Å². The molecule has 0 aliphatic carbocycles. The molecule has 0 radical (unpaired) electrons. The van der Waals surface area contributed by atoms with E-state index in [2.05, 4.69) is 21.2 Å². The van der Waals surface area contributed by atoms with E-state index in [1.54, 1.807) is 30.3 Å². The van der Waals surface area contributed by atoms with Crippen LogP contribution in [-0.2, 0) is 9.53 Å². The number of hydrogen-bond acceptors (Lipinski definition) is 3. The van der Waals surface area contributed by atoms with Crippen LogP contribution in [0.4, 0.5) is 5.69 Å². The third kappa shape index (κ3) is 4.18. The zero-order valence-electron chi connectivity index (χ0n) is 13.0. The number of amides is 1. The summed E-state index contributed by atoms with van der Waals surface area (Å²) in [5, 5.41) is 4.72. The summed E-state index contributed by atoms with van der Waals surface area (Å²) in [4.78, 5) is 24.3. The molecule has 1 amide bonds. The fourth-order valence-electron chi connectivity index (χ4n) is 2.39. The summed E-state index contributed by atoms with van der Waals surface area (Å²) in [5.74, 6) is -1.01. The van der Waals surface area contributed by atoms with Gasteiger partial charge < -0.3 is 10.1 Å². The fraction of sp³-hybridized carbons (Fsp3) is 0.0526. The van der Waals surface area contributed by atoms with Gasteiger partial charge in [0.15, 0.2) is 6.61 Å². The molecule has 1 N–H and O–H groups in total. The molecule has 0 unspecified atom stereocenters. The van der Waals surface area contributed by atoms with Crippen molar-refractivity contribution < 1.29 is 14.3 Å². The molecule has 6 heteroatoms. The van der Waals surface area contributed by atoms with Gasteiger partial charge in [0.2, 0.25) is 0 Å². The van der Waals surface area contributed by atoms with Crippen molar-refractivity contribution >= 4 is 55.9 Å². The minimum Gasteiger partial charge on any atom is -0.452 e. The number of nitrogens with one attached hydrogen (secondary N) is 1. The van der Waals surface area contributed by atoms with Gasteiger partial charge in [-0.3, -0.25) is 4.79 Å². The predicted octanol–water partition coefficient (Wildman–Crippen LogP) is 5.05. The van der Waals surface area contributed by atoms with Gasteiger partial charge in [0.05, 0.1) is 16.3 Å². The van der Waals surface area contributed by atoms with Gasteiger partial charge in [-0.05, 0) is 35.0 Å². The standard InChI is InChI=1S/C19H13BrClNO3/c20-13-8-9-17(16(21)10-13)22-18(23)11-25-19(24)15-7-3-5-12-4-1-2-6-14(12)15/h1-10H,11H2,(H,22,23). The van der Waals surface area contributed by atoms with E-state index in [0.29, 0.717) is 16.3 Å². The molecule has 0 spiro atoms. The van der Waals surface area contributed by atoms with Crippen molar-refractivity contribution in [3.8, 4) is 0 Å². The predicted molar refractivity (Wildman–Crippen MR) is 102 cm³/mol. The lowest BCUT2D eigenvalue weighted by Gasteiger charge is -2.09. The molecule has 3 aromatic carbocycles. The lowest BCUT2D eigenvalue weighted by atomic mass is 10.1. The second kappa shape index (κ2) is 7.68. The molecule has 126 valence electrons. The van der Waals surface area contributed by atoms with Gasteiger partial charge in [0.1, 0.15) is 0 Å². The third-order valence-corrected chi connectivity index (χ3v) is 4.36. The first kappa shape index (κ1) is 17.5. The smallest absolute Gasteiger partial charge is 0.339 e. The highest BCUT2D eigenvalue weighted by atomic mass is 79.9. The lowest BCUT2D eigenvalue weighted by Crippen LogP contribution is -2.21. The van der Waals surface area contributed by atoms with Gasteiger partial charge in [0.25, 0.3) is 5.91 Å². The van der Waals surface area contributed by atoms with Gasteiger partial charge in [-0.1, -0.05) is 63.9 Å². The average Bonchev–Trinajstić information content (AvgIpc) is 2.61. The minimum atomic E-state index is -0.547. The van der Waals surface area contributed by atoms with Crippen LogP contribution in [0.2, 0.25) is 5.02 Å². The van der Waals surface area contributed by atoms with Crippen molar-refractivity contribution in [3.63, 3.8) is 0 Å². The van der Waals surface area contributed by atoms with Crippen molar-refractivity contribution in [2.24, 2.45) is 0 Å².